The lowest BCUT2D eigenvalue weighted by Gasteiger charge is -2.13. The van der Waals surface area contributed by atoms with Crippen LogP contribution in [0.2, 0.25) is 0 Å². The molecular weight excluding hydrogens is 327 g/mol. The fourth-order valence-electron chi connectivity index (χ4n) is 2.49. The summed E-state index contributed by atoms with van der Waals surface area (Å²) in [7, 11) is 1.37. The molecule has 0 unspecified atom stereocenters. The second kappa shape index (κ2) is 6.78. The summed E-state index contributed by atoms with van der Waals surface area (Å²) in [6.45, 7) is 1.45. The molecule has 128 valence electrons. The number of hydrogen-bond acceptors (Lipinski definition) is 5. The Morgan fingerprint density at radius 1 is 1.36 bits per heavy atom. The molecule has 0 aliphatic heterocycles. The number of aryl methyl sites for hydroxylation is 1. The fraction of sp³-hybridized carbons (Fsp3) is 0.176. The van der Waals surface area contributed by atoms with Crippen molar-refractivity contribution in [1.29, 1.82) is 0 Å². The zero-order valence-corrected chi connectivity index (χ0v) is 13.6. The summed E-state index contributed by atoms with van der Waals surface area (Å²) >= 11 is 0. The van der Waals surface area contributed by atoms with Gasteiger partial charge in [-0.05, 0) is 37.3 Å². The average Bonchev–Trinajstić information content (AvgIpc) is 2.58. The molecule has 2 aromatic heterocycles. The molecule has 25 heavy (non-hydrogen) atoms. The third kappa shape index (κ3) is 3.24. The van der Waals surface area contributed by atoms with Gasteiger partial charge in [-0.3, -0.25) is 14.2 Å². The van der Waals surface area contributed by atoms with Crippen molar-refractivity contribution < 1.29 is 13.9 Å². The summed E-state index contributed by atoms with van der Waals surface area (Å²) in [4.78, 5) is 32.8. The topological polar surface area (TPSA) is 86.1 Å². The van der Waals surface area contributed by atoms with E-state index in [-0.39, 0.29) is 17.9 Å². The second-order valence-corrected chi connectivity index (χ2v) is 5.32. The highest BCUT2D eigenvalue weighted by molar-refractivity contribution is 5.92. The maximum Gasteiger partial charge on any atom is 0.267 e. The van der Waals surface area contributed by atoms with Crippen LogP contribution in [-0.2, 0) is 9.53 Å². The number of nitrogens with one attached hydrogen (secondary N) is 1. The van der Waals surface area contributed by atoms with Crippen LogP contribution in [0.1, 0.15) is 5.82 Å². The SMILES string of the molecule is COCC(=O)Nc1cc(-n2c(C)nc3ncccc3c2=O)ccc1F. The number of fused-ring (bicyclic) bond motifs is 1. The summed E-state index contributed by atoms with van der Waals surface area (Å²) in [6.07, 6.45) is 1.56. The van der Waals surface area contributed by atoms with Gasteiger partial charge in [-0.2, -0.15) is 0 Å². The van der Waals surface area contributed by atoms with Crippen LogP contribution in [0.4, 0.5) is 10.1 Å². The van der Waals surface area contributed by atoms with Gasteiger partial charge in [-0.1, -0.05) is 0 Å². The molecule has 2 heterocycles. The Labute approximate surface area is 142 Å². The van der Waals surface area contributed by atoms with Gasteiger partial charge in [0.05, 0.1) is 16.8 Å². The minimum atomic E-state index is -0.616. The molecule has 0 atom stereocenters. The summed E-state index contributed by atoms with van der Waals surface area (Å²) in [5, 5.41) is 2.76. The van der Waals surface area contributed by atoms with Gasteiger partial charge in [-0.15, -0.1) is 0 Å². The van der Waals surface area contributed by atoms with Crippen molar-refractivity contribution >= 4 is 22.6 Å². The summed E-state index contributed by atoms with van der Waals surface area (Å²) in [6, 6.07) is 7.27. The van der Waals surface area contributed by atoms with E-state index in [0.29, 0.717) is 22.5 Å². The highest BCUT2D eigenvalue weighted by atomic mass is 19.1. The van der Waals surface area contributed by atoms with Crippen LogP contribution in [0.15, 0.2) is 41.3 Å². The molecule has 0 fully saturated rings. The molecule has 7 nitrogen and oxygen atoms in total. The van der Waals surface area contributed by atoms with Crippen molar-refractivity contribution in [3.05, 3.63) is 58.5 Å². The fourth-order valence-corrected chi connectivity index (χ4v) is 2.49. The predicted octanol–water partition coefficient (Wildman–Crippen LogP) is 1.81. The van der Waals surface area contributed by atoms with Gasteiger partial charge in [-0.25, -0.2) is 14.4 Å². The zero-order chi connectivity index (χ0) is 18.0. The van der Waals surface area contributed by atoms with Crippen molar-refractivity contribution in [1.82, 2.24) is 14.5 Å². The molecule has 0 radical (unpaired) electrons. The predicted molar refractivity (Wildman–Crippen MR) is 90.3 cm³/mol. The Balaban J connectivity index is 2.12. The molecule has 0 saturated heterocycles. The van der Waals surface area contributed by atoms with Crippen LogP contribution in [-0.4, -0.2) is 34.2 Å². The Hall–Kier alpha value is -3.13. The lowest BCUT2D eigenvalue weighted by molar-refractivity contribution is -0.119. The largest absolute Gasteiger partial charge is 0.375 e. The first-order valence-corrected chi connectivity index (χ1v) is 7.44. The van der Waals surface area contributed by atoms with Crippen LogP contribution >= 0.6 is 0 Å². The quantitative estimate of drug-likeness (QED) is 0.781. The lowest BCUT2D eigenvalue weighted by Crippen LogP contribution is -2.23. The summed E-state index contributed by atoms with van der Waals surface area (Å²) < 4.78 is 20.0. The van der Waals surface area contributed by atoms with Crippen LogP contribution in [0, 0.1) is 12.7 Å². The number of hydrogen-bond donors (Lipinski definition) is 1. The van der Waals surface area contributed by atoms with E-state index >= 15 is 0 Å². The van der Waals surface area contributed by atoms with Crippen molar-refractivity contribution in [2.24, 2.45) is 0 Å². The Bertz CT molecular complexity index is 1020. The average molecular weight is 342 g/mol. The standard InChI is InChI=1S/C17H15FN4O3/c1-10-20-16-12(4-3-7-19-16)17(24)22(10)11-5-6-13(18)14(8-11)21-15(23)9-25-2/h3-8H,9H2,1-2H3,(H,21,23). The van der Waals surface area contributed by atoms with E-state index in [1.54, 1.807) is 25.3 Å². The number of carbonyl (C=O) groups is 1. The van der Waals surface area contributed by atoms with E-state index in [0.717, 1.165) is 0 Å². The minimum absolute atomic E-state index is 0.0443. The van der Waals surface area contributed by atoms with Crippen LogP contribution in [0.25, 0.3) is 16.7 Å². The second-order valence-electron chi connectivity index (χ2n) is 5.32. The highest BCUT2D eigenvalue weighted by Gasteiger charge is 2.13. The van der Waals surface area contributed by atoms with E-state index in [9.17, 15) is 14.0 Å². The summed E-state index contributed by atoms with van der Waals surface area (Å²) in [5.74, 6) is -0.713. The first-order valence-electron chi connectivity index (χ1n) is 7.44. The van der Waals surface area contributed by atoms with Gasteiger partial charge < -0.3 is 10.1 Å². The number of halogens is 1. The van der Waals surface area contributed by atoms with Crippen molar-refractivity contribution in [2.45, 2.75) is 6.92 Å². The molecule has 0 bridgehead atoms. The molecule has 1 aromatic carbocycles. The molecule has 0 aliphatic carbocycles. The number of rotatable bonds is 4. The highest BCUT2D eigenvalue weighted by Crippen LogP contribution is 2.19. The Kier molecular flexibility index (Phi) is 4.53. The van der Waals surface area contributed by atoms with Crippen molar-refractivity contribution in [3.63, 3.8) is 0 Å². The smallest absolute Gasteiger partial charge is 0.267 e. The number of anilines is 1. The van der Waals surface area contributed by atoms with Gasteiger partial charge in [0.25, 0.3) is 5.56 Å². The normalized spacial score (nSPS) is 10.8. The molecule has 0 saturated carbocycles. The van der Waals surface area contributed by atoms with E-state index in [1.807, 2.05) is 0 Å². The number of amides is 1. The third-order valence-corrected chi connectivity index (χ3v) is 3.57. The van der Waals surface area contributed by atoms with Gasteiger partial charge in [0.1, 0.15) is 18.2 Å². The molecule has 8 heteroatoms. The Morgan fingerprint density at radius 3 is 2.92 bits per heavy atom. The first kappa shape index (κ1) is 16.7. The van der Waals surface area contributed by atoms with Crippen LogP contribution in [0.3, 0.4) is 0 Å². The third-order valence-electron chi connectivity index (χ3n) is 3.57. The molecule has 0 aliphatic rings. The van der Waals surface area contributed by atoms with Gasteiger partial charge in [0.2, 0.25) is 5.91 Å². The molecule has 1 amide bonds. The maximum absolute atomic E-state index is 14.0. The number of aromatic nitrogens is 3. The van der Waals surface area contributed by atoms with Gasteiger partial charge in [0, 0.05) is 13.3 Å². The van der Waals surface area contributed by atoms with E-state index < -0.39 is 11.7 Å². The van der Waals surface area contributed by atoms with E-state index in [2.05, 4.69) is 15.3 Å². The number of carbonyl (C=O) groups excluding carboxylic acids is 1. The number of methoxy groups -OCH3 is 1. The van der Waals surface area contributed by atoms with Crippen molar-refractivity contribution in [3.8, 4) is 5.69 Å². The minimum Gasteiger partial charge on any atom is -0.375 e. The lowest BCUT2D eigenvalue weighted by atomic mass is 10.2. The van der Waals surface area contributed by atoms with Crippen LogP contribution < -0.4 is 10.9 Å². The number of pyridine rings is 1. The van der Waals surface area contributed by atoms with E-state index in [4.69, 9.17) is 4.74 Å². The molecule has 0 spiro atoms. The molecule has 3 rings (SSSR count). The first-order chi connectivity index (χ1) is 12.0. The molecule has 1 N–H and O–H groups in total. The molecule has 3 aromatic rings. The number of ether oxygens (including phenoxy) is 1. The Morgan fingerprint density at radius 2 is 2.16 bits per heavy atom. The maximum atomic E-state index is 14.0. The number of benzene rings is 1. The van der Waals surface area contributed by atoms with E-state index in [1.165, 1.54) is 29.9 Å². The van der Waals surface area contributed by atoms with Gasteiger partial charge >= 0.3 is 0 Å². The summed E-state index contributed by atoms with van der Waals surface area (Å²) in [5.41, 5.74) is 0.361. The zero-order valence-electron chi connectivity index (χ0n) is 13.6. The number of nitrogens with zero attached hydrogens (tertiary/aromatic N) is 3. The van der Waals surface area contributed by atoms with Crippen LogP contribution in [0.5, 0.6) is 0 Å². The van der Waals surface area contributed by atoms with Crippen molar-refractivity contribution in [2.75, 3.05) is 19.0 Å². The molecular formula is C17H15FN4O3. The van der Waals surface area contributed by atoms with Gasteiger partial charge in [0.15, 0.2) is 5.65 Å². The monoisotopic (exact) mass is 342 g/mol.